The summed E-state index contributed by atoms with van der Waals surface area (Å²) in [5.74, 6) is 6.63. The quantitative estimate of drug-likeness (QED) is 0.653. The third kappa shape index (κ3) is 4.59. The zero-order chi connectivity index (χ0) is 14.9. The second-order valence-electron chi connectivity index (χ2n) is 4.61. The van der Waals surface area contributed by atoms with Gasteiger partial charge in [0.15, 0.2) is 0 Å². The van der Waals surface area contributed by atoms with Crippen molar-refractivity contribution in [2.24, 2.45) is 0 Å². The molecule has 0 spiro atoms. The van der Waals surface area contributed by atoms with E-state index in [0.29, 0.717) is 17.2 Å². The fourth-order valence-corrected chi connectivity index (χ4v) is 1.79. The Labute approximate surface area is 125 Å². The summed E-state index contributed by atoms with van der Waals surface area (Å²) in [6.07, 6.45) is 3.79. The van der Waals surface area contributed by atoms with Gasteiger partial charge in [-0.1, -0.05) is 37.5 Å². The standard InChI is InChI=1S/C17H19N3O/c1-2-3-11-18-17-16(13-21)20-15(12-19-17)10-9-14-7-5-4-6-8-14/h4-8,12,21H,2-3,11,13H2,1H3,(H,18,19). The van der Waals surface area contributed by atoms with Gasteiger partial charge in [-0.2, -0.15) is 0 Å². The van der Waals surface area contributed by atoms with Crippen molar-refractivity contribution in [2.75, 3.05) is 11.9 Å². The molecule has 0 atom stereocenters. The van der Waals surface area contributed by atoms with Crippen LogP contribution in [0.15, 0.2) is 36.5 Å². The van der Waals surface area contributed by atoms with Crippen molar-refractivity contribution in [3.63, 3.8) is 0 Å². The molecular weight excluding hydrogens is 262 g/mol. The zero-order valence-electron chi connectivity index (χ0n) is 12.1. The van der Waals surface area contributed by atoms with E-state index in [1.807, 2.05) is 30.3 Å². The van der Waals surface area contributed by atoms with E-state index in [-0.39, 0.29) is 6.61 Å². The molecule has 108 valence electrons. The van der Waals surface area contributed by atoms with Crippen molar-refractivity contribution in [1.82, 2.24) is 9.97 Å². The lowest BCUT2D eigenvalue weighted by molar-refractivity contribution is 0.277. The van der Waals surface area contributed by atoms with E-state index in [2.05, 4.69) is 34.0 Å². The molecule has 0 aliphatic rings. The van der Waals surface area contributed by atoms with Crippen LogP contribution in [0.3, 0.4) is 0 Å². The zero-order valence-corrected chi connectivity index (χ0v) is 12.1. The molecule has 0 fully saturated rings. The first kappa shape index (κ1) is 15.0. The number of rotatable bonds is 5. The Kier molecular flexibility index (Phi) is 5.74. The van der Waals surface area contributed by atoms with Gasteiger partial charge in [0.1, 0.15) is 17.2 Å². The molecule has 0 saturated carbocycles. The molecule has 21 heavy (non-hydrogen) atoms. The highest BCUT2D eigenvalue weighted by Crippen LogP contribution is 2.10. The molecular formula is C17H19N3O. The monoisotopic (exact) mass is 281 g/mol. The maximum absolute atomic E-state index is 9.39. The molecule has 0 aliphatic carbocycles. The molecule has 0 amide bonds. The number of aromatic nitrogens is 2. The lowest BCUT2D eigenvalue weighted by atomic mass is 10.2. The molecule has 0 bridgehead atoms. The van der Waals surface area contributed by atoms with Gasteiger partial charge in [-0.3, -0.25) is 0 Å². The Morgan fingerprint density at radius 2 is 2.00 bits per heavy atom. The summed E-state index contributed by atoms with van der Waals surface area (Å²) in [6.45, 7) is 2.80. The predicted octanol–water partition coefficient (Wildman–Crippen LogP) is 2.58. The fraction of sp³-hybridized carbons (Fsp3) is 0.294. The average molecular weight is 281 g/mol. The van der Waals surface area contributed by atoms with Gasteiger partial charge >= 0.3 is 0 Å². The number of hydrogen-bond donors (Lipinski definition) is 2. The molecule has 4 heteroatoms. The molecule has 0 unspecified atom stereocenters. The number of unbranched alkanes of at least 4 members (excludes halogenated alkanes) is 1. The Morgan fingerprint density at radius 1 is 1.19 bits per heavy atom. The van der Waals surface area contributed by atoms with Crippen LogP contribution in [0.5, 0.6) is 0 Å². The molecule has 0 aliphatic heterocycles. The van der Waals surface area contributed by atoms with E-state index >= 15 is 0 Å². The Hall–Kier alpha value is -2.38. The predicted molar refractivity (Wildman–Crippen MR) is 83.8 cm³/mol. The lowest BCUT2D eigenvalue weighted by Crippen LogP contribution is -2.08. The molecule has 0 saturated heterocycles. The molecule has 1 heterocycles. The van der Waals surface area contributed by atoms with Crippen LogP contribution in [0, 0.1) is 11.8 Å². The van der Waals surface area contributed by atoms with Crippen molar-refractivity contribution < 1.29 is 5.11 Å². The van der Waals surface area contributed by atoms with Gasteiger partial charge < -0.3 is 10.4 Å². The number of anilines is 1. The fourth-order valence-electron chi connectivity index (χ4n) is 1.79. The number of nitrogens with one attached hydrogen (secondary N) is 1. The van der Waals surface area contributed by atoms with Crippen LogP contribution in [0.2, 0.25) is 0 Å². The Morgan fingerprint density at radius 3 is 2.71 bits per heavy atom. The minimum atomic E-state index is -0.150. The molecule has 2 rings (SSSR count). The highest BCUT2D eigenvalue weighted by Gasteiger charge is 2.05. The van der Waals surface area contributed by atoms with Crippen molar-refractivity contribution in [2.45, 2.75) is 26.4 Å². The van der Waals surface area contributed by atoms with Gasteiger partial charge in [0, 0.05) is 12.1 Å². The summed E-state index contributed by atoms with van der Waals surface area (Å²) in [4.78, 5) is 8.63. The normalized spacial score (nSPS) is 9.81. The Bertz CT molecular complexity index is 629. The van der Waals surface area contributed by atoms with E-state index < -0.39 is 0 Å². The molecule has 2 N–H and O–H groups in total. The van der Waals surface area contributed by atoms with Gasteiger partial charge in [-0.25, -0.2) is 9.97 Å². The molecule has 2 aromatic rings. The van der Waals surface area contributed by atoms with E-state index in [0.717, 1.165) is 24.9 Å². The first-order chi connectivity index (χ1) is 10.3. The van der Waals surface area contributed by atoms with Crippen molar-refractivity contribution >= 4 is 5.82 Å². The van der Waals surface area contributed by atoms with Crippen LogP contribution in [-0.2, 0) is 6.61 Å². The number of benzene rings is 1. The first-order valence-electron chi connectivity index (χ1n) is 7.11. The van der Waals surface area contributed by atoms with E-state index in [1.165, 1.54) is 0 Å². The largest absolute Gasteiger partial charge is 0.390 e. The van der Waals surface area contributed by atoms with Crippen LogP contribution in [0.4, 0.5) is 5.82 Å². The van der Waals surface area contributed by atoms with Crippen molar-refractivity contribution in [1.29, 1.82) is 0 Å². The maximum Gasteiger partial charge on any atom is 0.150 e. The minimum absolute atomic E-state index is 0.150. The summed E-state index contributed by atoms with van der Waals surface area (Å²) < 4.78 is 0. The average Bonchev–Trinajstić information content (AvgIpc) is 2.55. The smallest absolute Gasteiger partial charge is 0.150 e. The van der Waals surface area contributed by atoms with Crippen LogP contribution in [0.25, 0.3) is 0 Å². The highest BCUT2D eigenvalue weighted by molar-refractivity contribution is 5.44. The van der Waals surface area contributed by atoms with E-state index in [1.54, 1.807) is 6.20 Å². The summed E-state index contributed by atoms with van der Waals surface area (Å²) in [5, 5.41) is 12.6. The van der Waals surface area contributed by atoms with E-state index in [4.69, 9.17) is 0 Å². The topological polar surface area (TPSA) is 58.0 Å². The molecule has 1 aromatic heterocycles. The highest BCUT2D eigenvalue weighted by atomic mass is 16.3. The second-order valence-corrected chi connectivity index (χ2v) is 4.61. The minimum Gasteiger partial charge on any atom is -0.390 e. The van der Waals surface area contributed by atoms with Crippen molar-refractivity contribution in [3.05, 3.63) is 53.5 Å². The van der Waals surface area contributed by atoms with E-state index in [9.17, 15) is 5.11 Å². The SMILES string of the molecule is CCCCNc1ncc(C#Cc2ccccc2)nc1CO. The van der Waals surface area contributed by atoms with Crippen LogP contribution < -0.4 is 5.32 Å². The van der Waals surface area contributed by atoms with Crippen LogP contribution in [-0.4, -0.2) is 21.6 Å². The first-order valence-corrected chi connectivity index (χ1v) is 7.11. The van der Waals surface area contributed by atoms with Gasteiger partial charge in [0.2, 0.25) is 0 Å². The second kappa shape index (κ2) is 8.03. The third-order valence-electron chi connectivity index (χ3n) is 2.93. The van der Waals surface area contributed by atoms with Gasteiger partial charge in [0.25, 0.3) is 0 Å². The number of nitrogens with zero attached hydrogens (tertiary/aromatic N) is 2. The molecule has 4 nitrogen and oxygen atoms in total. The summed E-state index contributed by atoms with van der Waals surface area (Å²) in [6, 6.07) is 9.71. The lowest BCUT2D eigenvalue weighted by Gasteiger charge is -2.08. The van der Waals surface area contributed by atoms with Gasteiger partial charge in [0.05, 0.1) is 12.8 Å². The summed E-state index contributed by atoms with van der Waals surface area (Å²) in [7, 11) is 0. The number of aliphatic hydroxyl groups excluding tert-OH is 1. The summed E-state index contributed by atoms with van der Waals surface area (Å²) in [5.41, 5.74) is 2.02. The number of hydrogen-bond acceptors (Lipinski definition) is 4. The third-order valence-corrected chi connectivity index (χ3v) is 2.93. The van der Waals surface area contributed by atoms with Gasteiger partial charge in [-0.15, -0.1) is 0 Å². The van der Waals surface area contributed by atoms with Gasteiger partial charge in [-0.05, 0) is 24.5 Å². The Balaban J connectivity index is 2.14. The molecule has 1 aromatic carbocycles. The van der Waals surface area contributed by atoms with Crippen molar-refractivity contribution in [3.8, 4) is 11.8 Å². The molecule has 0 radical (unpaired) electrons. The maximum atomic E-state index is 9.39. The summed E-state index contributed by atoms with van der Waals surface area (Å²) >= 11 is 0. The van der Waals surface area contributed by atoms with Crippen LogP contribution >= 0.6 is 0 Å². The number of aliphatic hydroxyl groups is 1. The van der Waals surface area contributed by atoms with Crippen LogP contribution in [0.1, 0.15) is 36.7 Å².